The molecule has 1 N–H and O–H groups in total. The number of carbonyl (C=O) groups excluding carboxylic acids is 1. The molecule has 0 saturated carbocycles. The highest BCUT2D eigenvalue weighted by atomic mass is 79.9. The number of fused-ring (bicyclic) bond motifs is 2. The maximum absolute atomic E-state index is 12.4. The van der Waals surface area contributed by atoms with Gasteiger partial charge >= 0.3 is 5.91 Å². The van der Waals surface area contributed by atoms with Crippen LogP contribution in [-0.2, 0) is 6.61 Å². The Bertz CT molecular complexity index is 1640. The molecule has 8 nitrogen and oxygen atoms in total. The fourth-order valence-corrected chi connectivity index (χ4v) is 4.19. The van der Waals surface area contributed by atoms with Crippen LogP contribution in [0.2, 0.25) is 0 Å². The molecule has 0 aliphatic carbocycles. The molecule has 178 valence electrons. The molecular weight excluding hydrogens is 526 g/mol. The number of furan rings is 1. The fraction of sp³-hybridized carbons (Fsp3) is 0.0370. The van der Waals surface area contributed by atoms with E-state index in [1.165, 1.54) is 35.9 Å². The lowest BCUT2D eigenvalue weighted by atomic mass is 10.1. The second kappa shape index (κ2) is 10.0. The minimum atomic E-state index is -0.570. The first-order chi connectivity index (χ1) is 17.5. The number of carbonyl (C=O) groups is 1. The average Bonchev–Trinajstić information content (AvgIpc) is 3.32. The van der Waals surface area contributed by atoms with Gasteiger partial charge in [0.05, 0.1) is 15.6 Å². The summed E-state index contributed by atoms with van der Waals surface area (Å²) >= 11 is 3.52. The molecule has 0 bridgehead atoms. The van der Waals surface area contributed by atoms with Crippen LogP contribution < -0.4 is 10.2 Å². The van der Waals surface area contributed by atoms with E-state index in [9.17, 15) is 14.9 Å². The largest absolute Gasteiger partial charge is 0.488 e. The van der Waals surface area contributed by atoms with Crippen LogP contribution >= 0.6 is 15.9 Å². The van der Waals surface area contributed by atoms with Gasteiger partial charge in [-0.25, -0.2) is 5.43 Å². The van der Waals surface area contributed by atoms with E-state index in [2.05, 4.69) is 50.7 Å². The third-order valence-electron chi connectivity index (χ3n) is 5.48. The number of ether oxygens (including phenoxy) is 1. The summed E-state index contributed by atoms with van der Waals surface area (Å²) in [5.74, 6) is 0.112. The van der Waals surface area contributed by atoms with Gasteiger partial charge in [0.15, 0.2) is 5.76 Å². The summed E-state index contributed by atoms with van der Waals surface area (Å²) in [6.07, 6.45) is 1.49. The summed E-state index contributed by atoms with van der Waals surface area (Å²) in [7, 11) is 0. The van der Waals surface area contributed by atoms with Crippen LogP contribution in [0.25, 0.3) is 21.7 Å². The van der Waals surface area contributed by atoms with Crippen molar-refractivity contribution in [2.75, 3.05) is 0 Å². The molecular formula is C27H18BrN3O5. The molecule has 0 aliphatic rings. The molecule has 0 saturated heterocycles. The van der Waals surface area contributed by atoms with Crippen LogP contribution in [0.4, 0.5) is 5.69 Å². The van der Waals surface area contributed by atoms with E-state index in [0.717, 1.165) is 21.0 Å². The van der Waals surface area contributed by atoms with Crippen molar-refractivity contribution in [3.8, 4) is 5.75 Å². The fourth-order valence-electron chi connectivity index (χ4n) is 3.68. The predicted octanol–water partition coefficient (Wildman–Crippen LogP) is 6.60. The number of amides is 1. The first-order valence-electron chi connectivity index (χ1n) is 10.9. The lowest BCUT2D eigenvalue weighted by Crippen LogP contribution is -2.16. The first kappa shape index (κ1) is 23.3. The lowest BCUT2D eigenvalue weighted by Gasteiger charge is -2.09. The Morgan fingerprint density at radius 1 is 1.00 bits per heavy atom. The summed E-state index contributed by atoms with van der Waals surface area (Å²) in [6.45, 7) is 0.424. The molecule has 0 spiro atoms. The summed E-state index contributed by atoms with van der Waals surface area (Å²) < 4.78 is 12.2. The summed E-state index contributed by atoms with van der Waals surface area (Å²) in [5, 5.41) is 17.7. The number of hydrogen-bond donors (Lipinski definition) is 1. The predicted molar refractivity (Wildman–Crippen MR) is 140 cm³/mol. The molecule has 0 atom stereocenters. The van der Waals surface area contributed by atoms with Gasteiger partial charge in [-0.15, -0.1) is 0 Å². The van der Waals surface area contributed by atoms with E-state index < -0.39 is 10.8 Å². The summed E-state index contributed by atoms with van der Waals surface area (Å²) in [4.78, 5) is 22.8. The zero-order chi connectivity index (χ0) is 25.1. The number of benzene rings is 4. The third kappa shape index (κ3) is 5.11. The molecule has 0 unspecified atom stereocenters. The maximum Gasteiger partial charge on any atom is 0.307 e. The number of hydrazone groups is 1. The molecule has 5 rings (SSSR count). The first-order valence-corrected chi connectivity index (χ1v) is 11.7. The molecule has 0 fully saturated rings. The van der Waals surface area contributed by atoms with Crippen molar-refractivity contribution >= 4 is 55.5 Å². The zero-order valence-corrected chi connectivity index (χ0v) is 20.3. The molecule has 0 aliphatic heterocycles. The van der Waals surface area contributed by atoms with Gasteiger partial charge in [0.25, 0.3) is 5.69 Å². The molecule has 1 heterocycles. The monoisotopic (exact) mass is 543 g/mol. The van der Waals surface area contributed by atoms with Crippen LogP contribution in [0.15, 0.2) is 98.9 Å². The molecule has 1 amide bonds. The standard InChI is InChI=1S/C27H18BrN3O5/c28-23-12-17(6-9-25(23)35-16-18-5-7-19-3-1-2-4-20(19)11-18)15-29-30-27(32)26-14-21-13-22(31(33)34)8-10-24(21)36-26/h1-15H,16H2,(H,30,32)/b29-15-. The Morgan fingerprint density at radius 2 is 1.83 bits per heavy atom. The lowest BCUT2D eigenvalue weighted by molar-refractivity contribution is -0.384. The van der Waals surface area contributed by atoms with Crippen LogP contribution in [-0.4, -0.2) is 17.0 Å². The molecule has 36 heavy (non-hydrogen) atoms. The Kier molecular flexibility index (Phi) is 6.46. The average molecular weight is 544 g/mol. The summed E-state index contributed by atoms with van der Waals surface area (Å²) in [5.41, 5.74) is 4.49. The van der Waals surface area contributed by atoms with Crippen molar-refractivity contribution in [1.82, 2.24) is 5.43 Å². The zero-order valence-electron chi connectivity index (χ0n) is 18.7. The minimum Gasteiger partial charge on any atom is -0.488 e. The van der Waals surface area contributed by atoms with Crippen molar-refractivity contribution in [2.24, 2.45) is 5.10 Å². The highest BCUT2D eigenvalue weighted by Crippen LogP contribution is 2.27. The van der Waals surface area contributed by atoms with E-state index in [-0.39, 0.29) is 11.4 Å². The van der Waals surface area contributed by atoms with Crippen molar-refractivity contribution in [3.63, 3.8) is 0 Å². The van der Waals surface area contributed by atoms with E-state index in [1.54, 1.807) is 0 Å². The second-order valence-corrected chi connectivity index (χ2v) is 8.80. The Morgan fingerprint density at radius 3 is 2.64 bits per heavy atom. The minimum absolute atomic E-state index is 0.00117. The maximum atomic E-state index is 12.4. The number of hydrogen-bond acceptors (Lipinski definition) is 6. The number of nitro groups is 1. The van der Waals surface area contributed by atoms with Crippen molar-refractivity contribution < 1.29 is 18.9 Å². The SMILES string of the molecule is O=C(N/N=C\c1ccc(OCc2ccc3ccccc3c2)c(Br)c1)c1cc2cc([N+](=O)[O-])ccc2o1. The van der Waals surface area contributed by atoms with Gasteiger partial charge in [-0.1, -0.05) is 36.4 Å². The van der Waals surface area contributed by atoms with Crippen LogP contribution in [0.5, 0.6) is 5.75 Å². The van der Waals surface area contributed by atoms with Gasteiger partial charge in [-0.2, -0.15) is 5.10 Å². The Balaban J connectivity index is 1.20. The van der Waals surface area contributed by atoms with Gasteiger partial charge in [-0.05, 0) is 74.2 Å². The van der Waals surface area contributed by atoms with E-state index in [1.807, 2.05) is 36.4 Å². The highest BCUT2D eigenvalue weighted by Gasteiger charge is 2.14. The quantitative estimate of drug-likeness (QED) is 0.141. The topological polar surface area (TPSA) is 107 Å². The normalized spacial score (nSPS) is 11.2. The van der Waals surface area contributed by atoms with Crippen molar-refractivity contribution in [3.05, 3.63) is 116 Å². The number of nitrogens with one attached hydrogen (secondary N) is 1. The van der Waals surface area contributed by atoms with Gasteiger partial charge < -0.3 is 9.15 Å². The molecule has 5 aromatic rings. The number of nitrogens with zero attached hydrogens (tertiary/aromatic N) is 2. The third-order valence-corrected chi connectivity index (χ3v) is 6.10. The van der Waals surface area contributed by atoms with Crippen LogP contribution in [0, 0.1) is 10.1 Å². The van der Waals surface area contributed by atoms with Gasteiger partial charge in [0.1, 0.15) is 17.9 Å². The second-order valence-electron chi connectivity index (χ2n) is 7.95. The van der Waals surface area contributed by atoms with E-state index in [4.69, 9.17) is 9.15 Å². The number of non-ortho nitro benzene ring substituents is 1. The smallest absolute Gasteiger partial charge is 0.307 e. The van der Waals surface area contributed by atoms with Gasteiger partial charge in [0, 0.05) is 17.5 Å². The molecule has 9 heteroatoms. The summed E-state index contributed by atoms with van der Waals surface area (Å²) in [6, 6.07) is 25.4. The van der Waals surface area contributed by atoms with E-state index in [0.29, 0.717) is 23.3 Å². The number of rotatable bonds is 7. The molecule has 4 aromatic carbocycles. The van der Waals surface area contributed by atoms with Gasteiger partial charge in [0.2, 0.25) is 0 Å². The van der Waals surface area contributed by atoms with Crippen molar-refractivity contribution in [1.29, 1.82) is 0 Å². The van der Waals surface area contributed by atoms with E-state index >= 15 is 0 Å². The number of nitro benzene ring substituents is 1. The number of halogens is 1. The molecule has 1 aromatic heterocycles. The molecule has 0 radical (unpaired) electrons. The van der Waals surface area contributed by atoms with Crippen LogP contribution in [0.3, 0.4) is 0 Å². The Labute approximate surface area is 213 Å². The highest BCUT2D eigenvalue weighted by molar-refractivity contribution is 9.10. The van der Waals surface area contributed by atoms with Crippen molar-refractivity contribution in [2.45, 2.75) is 6.61 Å². The van der Waals surface area contributed by atoms with Crippen LogP contribution in [0.1, 0.15) is 21.7 Å². The van der Waals surface area contributed by atoms with Gasteiger partial charge in [-0.3, -0.25) is 14.9 Å². The Hall–Kier alpha value is -4.50.